The Morgan fingerprint density at radius 1 is 1.13 bits per heavy atom. The maximum absolute atomic E-state index is 12.5. The summed E-state index contributed by atoms with van der Waals surface area (Å²) in [5, 5.41) is 21.8. The van der Waals surface area contributed by atoms with Crippen LogP contribution in [0.3, 0.4) is 0 Å². The van der Waals surface area contributed by atoms with Crippen molar-refractivity contribution in [2.75, 3.05) is 13.1 Å². The van der Waals surface area contributed by atoms with Gasteiger partial charge in [0, 0.05) is 13.0 Å². The highest BCUT2D eigenvalue weighted by Gasteiger charge is 2.39. The fraction of sp³-hybridized carbons (Fsp3) is 0.706. The Kier molecular flexibility index (Phi) is 9.68. The summed E-state index contributed by atoms with van der Waals surface area (Å²) in [4.78, 5) is 57.4. The van der Waals surface area contributed by atoms with Crippen molar-refractivity contribution >= 4 is 29.7 Å². The van der Waals surface area contributed by atoms with E-state index in [-0.39, 0.29) is 24.8 Å². The van der Waals surface area contributed by atoms with E-state index in [1.165, 1.54) is 4.90 Å². The molecule has 3 atom stereocenters. The molecule has 0 spiro atoms. The van der Waals surface area contributed by atoms with E-state index in [0.717, 1.165) is 19.4 Å². The molecule has 0 radical (unpaired) electrons. The first-order valence-electron chi connectivity index (χ1n) is 9.50. The van der Waals surface area contributed by atoms with Crippen LogP contribution >= 0.6 is 0 Å². The van der Waals surface area contributed by atoms with E-state index in [1.807, 2.05) is 0 Å². The molecule has 11 nitrogen and oxygen atoms in total. The Bertz CT molecular complexity index is 696. The van der Waals surface area contributed by atoms with Gasteiger partial charge in [0.1, 0.15) is 12.1 Å². The number of nitrogens with two attached hydrogens (primary N) is 1. The van der Waals surface area contributed by atoms with Crippen LogP contribution in [0, 0.1) is 0 Å². The lowest BCUT2D eigenvalue weighted by Crippen LogP contribution is -2.53. The van der Waals surface area contributed by atoms with Gasteiger partial charge in [0.25, 0.3) is 0 Å². The van der Waals surface area contributed by atoms with Crippen LogP contribution in [0.5, 0.6) is 0 Å². The summed E-state index contributed by atoms with van der Waals surface area (Å²) < 4.78 is 31.7. The summed E-state index contributed by atoms with van der Waals surface area (Å²) in [6.45, 7) is 1.28. The number of carbonyl (C=O) groups is 5. The fourth-order valence-corrected chi connectivity index (χ4v) is 3.21. The molecule has 2 heterocycles. The monoisotopic (exact) mass is 454 g/mol. The average molecular weight is 454 g/mol. The van der Waals surface area contributed by atoms with Crippen molar-refractivity contribution in [1.82, 2.24) is 15.5 Å². The Hall–Kier alpha value is -2.90. The number of nitrogens with zero attached hydrogens (tertiary/aromatic N) is 1. The number of carbonyl (C=O) groups excluding carboxylic acids is 3. The Morgan fingerprint density at radius 2 is 1.74 bits per heavy atom. The molecule has 0 saturated carbocycles. The van der Waals surface area contributed by atoms with Crippen LogP contribution in [0.2, 0.25) is 0 Å². The highest BCUT2D eigenvalue weighted by Crippen LogP contribution is 2.21. The average Bonchev–Trinajstić information content (AvgIpc) is 3.35. The van der Waals surface area contributed by atoms with E-state index in [2.05, 4.69) is 10.6 Å². The summed E-state index contributed by atoms with van der Waals surface area (Å²) in [6.07, 6.45) is -2.39. The number of alkyl halides is 3. The van der Waals surface area contributed by atoms with Crippen LogP contribution in [0.15, 0.2) is 0 Å². The van der Waals surface area contributed by atoms with Crippen LogP contribution in [-0.4, -0.2) is 82.2 Å². The molecule has 2 aliphatic rings. The first-order valence-corrected chi connectivity index (χ1v) is 9.50. The van der Waals surface area contributed by atoms with E-state index < -0.39 is 42.0 Å². The third-order valence-corrected chi connectivity index (χ3v) is 4.73. The van der Waals surface area contributed by atoms with Crippen molar-refractivity contribution < 1.29 is 47.4 Å². The quantitative estimate of drug-likeness (QED) is 0.332. The van der Waals surface area contributed by atoms with Crippen molar-refractivity contribution in [2.24, 2.45) is 5.73 Å². The van der Waals surface area contributed by atoms with Crippen LogP contribution in [-0.2, 0) is 24.0 Å². The number of hydrogen-bond donors (Lipinski definition) is 5. The van der Waals surface area contributed by atoms with E-state index in [0.29, 0.717) is 19.4 Å². The number of primary amides is 1. The van der Waals surface area contributed by atoms with Crippen molar-refractivity contribution in [3.05, 3.63) is 0 Å². The van der Waals surface area contributed by atoms with Crippen molar-refractivity contribution in [3.8, 4) is 0 Å². The molecule has 3 amide bonds. The van der Waals surface area contributed by atoms with Crippen LogP contribution < -0.4 is 16.4 Å². The molecule has 2 fully saturated rings. The van der Waals surface area contributed by atoms with Gasteiger partial charge in [0.15, 0.2) is 0 Å². The molecule has 0 aromatic carbocycles. The normalized spacial score (nSPS) is 21.6. The zero-order valence-electron chi connectivity index (χ0n) is 16.5. The maximum Gasteiger partial charge on any atom is 0.490 e. The van der Waals surface area contributed by atoms with Crippen LogP contribution in [0.25, 0.3) is 0 Å². The van der Waals surface area contributed by atoms with Gasteiger partial charge in [0.05, 0.1) is 6.04 Å². The number of carboxylic acid groups (broad SMARTS) is 2. The predicted molar refractivity (Wildman–Crippen MR) is 97.4 cm³/mol. The second kappa shape index (κ2) is 11.5. The number of hydrogen-bond acceptors (Lipinski definition) is 6. The molecule has 0 aromatic rings. The summed E-state index contributed by atoms with van der Waals surface area (Å²) in [5.74, 6) is -5.20. The SMILES string of the molecule is NC(=O)CC[C@@H](NC(=O)[C@@H]1CCCN1C(=O)[C@@H]1CCCN1)C(=O)O.O=C(O)C(F)(F)F. The lowest BCUT2D eigenvalue weighted by atomic mass is 10.1. The minimum atomic E-state index is -5.08. The van der Waals surface area contributed by atoms with Crippen LogP contribution in [0.1, 0.15) is 38.5 Å². The number of halogens is 3. The first-order chi connectivity index (χ1) is 14.3. The predicted octanol–water partition coefficient (Wildman–Crippen LogP) is -0.802. The summed E-state index contributed by atoms with van der Waals surface area (Å²) in [6, 6.07) is -2.11. The summed E-state index contributed by atoms with van der Waals surface area (Å²) in [7, 11) is 0. The second-order valence-corrected chi connectivity index (χ2v) is 7.05. The van der Waals surface area contributed by atoms with Gasteiger partial charge in [-0.05, 0) is 38.6 Å². The van der Waals surface area contributed by atoms with E-state index in [1.54, 1.807) is 0 Å². The van der Waals surface area contributed by atoms with Gasteiger partial charge in [-0.15, -0.1) is 0 Å². The Morgan fingerprint density at radius 3 is 2.19 bits per heavy atom. The molecular formula is C17H25F3N4O7. The minimum Gasteiger partial charge on any atom is -0.480 e. The van der Waals surface area contributed by atoms with Crippen LogP contribution in [0.4, 0.5) is 13.2 Å². The molecule has 0 aromatic heterocycles. The third kappa shape index (κ3) is 8.39. The molecule has 0 bridgehead atoms. The van der Waals surface area contributed by atoms with Gasteiger partial charge in [-0.1, -0.05) is 0 Å². The molecular weight excluding hydrogens is 429 g/mol. The largest absolute Gasteiger partial charge is 0.490 e. The van der Waals surface area contributed by atoms with Crippen molar-refractivity contribution in [1.29, 1.82) is 0 Å². The maximum atomic E-state index is 12.5. The number of likely N-dealkylation sites (tertiary alicyclic amines) is 1. The molecule has 31 heavy (non-hydrogen) atoms. The highest BCUT2D eigenvalue weighted by molar-refractivity contribution is 5.92. The lowest BCUT2D eigenvalue weighted by Gasteiger charge is -2.27. The zero-order chi connectivity index (χ0) is 23.8. The highest BCUT2D eigenvalue weighted by atomic mass is 19.4. The van der Waals surface area contributed by atoms with Crippen molar-refractivity contribution in [3.63, 3.8) is 0 Å². The molecule has 2 saturated heterocycles. The molecule has 14 heteroatoms. The summed E-state index contributed by atoms with van der Waals surface area (Å²) >= 11 is 0. The van der Waals surface area contributed by atoms with Gasteiger partial charge >= 0.3 is 18.1 Å². The standard InChI is InChI=1S/C15H24N4O5.C2HF3O2/c16-12(20)6-5-10(15(23)24)18-13(21)11-4-2-8-19(11)14(22)9-3-1-7-17-9;3-2(4,5)1(6)7/h9-11,17H,1-8H2,(H2,16,20)(H,18,21)(H,23,24);(H,6,7)/t9-,10+,11-;/m0./s1. The molecule has 176 valence electrons. The first kappa shape index (κ1) is 26.1. The van der Waals surface area contributed by atoms with E-state index >= 15 is 0 Å². The van der Waals surface area contributed by atoms with Gasteiger partial charge in [-0.2, -0.15) is 13.2 Å². The number of carboxylic acids is 2. The van der Waals surface area contributed by atoms with Gasteiger partial charge in [-0.25, -0.2) is 9.59 Å². The topological polar surface area (TPSA) is 179 Å². The Labute approximate surface area is 175 Å². The number of rotatable bonds is 7. The minimum absolute atomic E-state index is 0.0682. The Balaban J connectivity index is 0.000000592. The van der Waals surface area contributed by atoms with E-state index in [9.17, 15) is 32.3 Å². The third-order valence-electron chi connectivity index (χ3n) is 4.73. The summed E-state index contributed by atoms with van der Waals surface area (Å²) in [5.41, 5.74) is 5.02. The second-order valence-electron chi connectivity index (χ2n) is 7.05. The zero-order valence-corrected chi connectivity index (χ0v) is 16.5. The molecule has 2 aliphatic heterocycles. The number of nitrogens with one attached hydrogen (secondary N) is 2. The fourth-order valence-electron chi connectivity index (χ4n) is 3.21. The smallest absolute Gasteiger partial charge is 0.480 e. The lowest BCUT2D eigenvalue weighted by molar-refractivity contribution is -0.192. The molecule has 0 unspecified atom stereocenters. The van der Waals surface area contributed by atoms with E-state index in [4.69, 9.17) is 20.7 Å². The van der Waals surface area contributed by atoms with Gasteiger partial charge in [0.2, 0.25) is 17.7 Å². The van der Waals surface area contributed by atoms with Gasteiger partial charge in [-0.3, -0.25) is 14.4 Å². The van der Waals surface area contributed by atoms with Crippen molar-refractivity contribution in [2.45, 2.75) is 62.8 Å². The molecule has 2 rings (SSSR count). The molecule has 6 N–H and O–H groups in total. The number of amides is 3. The van der Waals surface area contributed by atoms with Gasteiger partial charge < -0.3 is 31.5 Å². The molecule has 0 aliphatic carbocycles. The number of aliphatic carboxylic acids is 2.